The largest absolute Gasteiger partial charge is 0.490 e. The second kappa shape index (κ2) is 6.71. The molecule has 0 radical (unpaired) electrons. The fourth-order valence-electron chi connectivity index (χ4n) is 3.58. The van der Waals surface area contributed by atoms with Crippen LogP contribution in [0.15, 0.2) is 36.4 Å². The highest BCUT2D eigenvalue weighted by molar-refractivity contribution is 5.91. The molecule has 0 unspecified atom stereocenters. The summed E-state index contributed by atoms with van der Waals surface area (Å²) in [5, 5.41) is 2.09. The monoisotopic (exact) mass is 380 g/mol. The molecule has 146 valence electrons. The average molecular weight is 380 g/mol. The molecule has 1 fully saturated rings. The van der Waals surface area contributed by atoms with Crippen molar-refractivity contribution in [3.8, 4) is 5.75 Å². The van der Waals surface area contributed by atoms with Gasteiger partial charge in [-0.05, 0) is 44.7 Å². The highest BCUT2D eigenvalue weighted by Gasteiger charge is 2.53. The molecule has 1 N–H and O–H groups in total. The van der Waals surface area contributed by atoms with Crippen LogP contribution in [0.4, 0.5) is 13.2 Å². The fraction of sp³-hybridized carbons (Fsp3) is 0.450. The van der Waals surface area contributed by atoms with E-state index in [1.54, 1.807) is 44.2 Å². The Morgan fingerprint density at radius 1 is 1.11 bits per heavy atom. The Morgan fingerprint density at radius 3 is 2.30 bits per heavy atom. The van der Waals surface area contributed by atoms with Gasteiger partial charge in [-0.2, -0.15) is 18.2 Å². The first-order chi connectivity index (χ1) is 12.5. The zero-order valence-electron chi connectivity index (χ0n) is 15.7. The molecule has 1 aliphatic rings. The molecule has 0 aliphatic carbocycles. The van der Waals surface area contributed by atoms with Crippen molar-refractivity contribution in [2.24, 2.45) is 0 Å². The molecule has 2 aromatic carbocycles. The van der Waals surface area contributed by atoms with E-state index in [2.05, 4.69) is 5.43 Å². The van der Waals surface area contributed by atoms with Crippen molar-refractivity contribution in [2.75, 3.05) is 0 Å². The second-order valence-corrected chi connectivity index (χ2v) is 7.70. The van der Waals surface area contributed by atoms with Crippen LogP contribution in [-0.4, -0.2) is 28.7 Å². The molecule has 27 heavy (non-hydrogen) atoms. The lowest BCUT2D eigenvalue weighted by atomic mass is 9.93. The SMILES string of the molecule is CC(C)Oc1cccc2c([C@H](N3NC(=O)CC3(C)C)C(F)(F)F)cccc12. The van der Waals surface area contributed by atoms with E-state index >= 15 is 0 Å². The van der Waals surface area contributed by atoms with E-state index in [4.69, 9.17) is 4.74 Å². The van der Waals surface area contributed by atoms with Crippen LogP contribution in [0.1, 0.15) is 45.7 Å². The summed E-state index contributed by atoms with van der Waals surface area (Å²) in [6, 6.07) is 7.92. The van der Waals surface area contributed by atoms with E-state index in [0.717, 1.165) is 5.01 Å². The lowest BCUT2D eigenvalue weighted by molar-refractivity contribution is -0.203. The molecular formula is C20H23F3N2O2. The molecule has 0 aromatic heterocycles. The van der Waals surface area contributed by atoms with Gasteiger partial charge >= 0.3 is 6.18 Å². The van der Waals surface area contributed by atoms with Crippen LogP contribution >= 0.6 is 0 Å². The van der Waals surface area contributed by atoms with Gasteiger partial charge in [0.25, 0.3) is 0 Å². The Balaban J connectivity index is 2.19. The number of hydrogen-bond acceptors (Lipinski definition) is 3. The third-order valence-corrected chi connectivity index (χ3v) is 4.63. The maximum Gasteiger partial charge on any atom is 0.409 e. The number of hydrogen-bond donors (Lipinski definition) is 1. The first-order valence-electron chi connectivity index (χ1n) is 8.84. The van der Waals surface area contributed by atoms with Crippen LogP contribution in [0.25, 0.3) is 10.8 Å². The maximum atomic E-state index is 14.1. The topological polar surface area (TPSA) is 41.6 Å². The first kappa shape index (κ1) is 19.5. The van der Waals surface area contributed by atoms with Crippen molar-refractivity contribution in [3.63, 3.8) is 0 Å². The Labute approximate surface area is 156 Å². The number of halogens is 3. The highest BCUT2D eigenvalue weighted by Crippen LogP contribution is 2.45. The standard InChI is InChI=1S/C20H23F3N2O2/c1-12(2)27-16-10-6-7-13-14(16)8-5-9-15(13)18(20(21,22)23)25-19(3,4)11-17(26)24-25/h5-10,12,18H,11H2,1-4H3,(H,24,26)/t18-/m0/s1. The van der Waals surface area contributed by atoms with E-state index < -0.39 is 23.7 Å². The Hall–Kier alpha value is -2.28. The summed E-state index contributed by atoms with van der Waals surface area (Å²) in [6.45, 7) is 6.98. The smallest absolute Gasteiger partial charge is 0.409 e. The van der Waals surface area contributed by atoms with Gasteiger partial charge in [0, 0.05) is 17.3 Å². The summed E-state index contributed by atoms with van der Waals surface area (Å²) in [5.41, 5.74) is 1.52. The average Bonchev–Trinajstić information content (AvgIpc) is 2.79. The van der Waals surface area contributed by atoms with Crippen molar-refractivity contribution < 1.29 is 22.7 Å². The number of hydrazine groups is 1. The summed E-state index contributed by atoms with van der Waals surface area (Å²) in [4.78, 5) is 11.8. The summed E-state index contributed by atoms with van der Waals surface area (Å²) in [5.74, 6) is 0.119. The zero-order valence-corrected chi connectivity index (χ0v) is 15.7. The predicted molar refractivity (Wildman–Crippen MR) is 97.2 cm³/mol. The molecule has 2 aromatic rings. The molecule has 7 heteroatoms. The Morgan fingerprint density at radius 2 is 1.74 bits per heavy atom. The highest BCUT2D eigenvalue weighted by atomic mass is 19.4. The summed E-state index contributed by atoms with van der Waals surface area (Å²) >= 11 is 0. The third-order valence-electron chi connectivity index (χ3n) is 4.63. The number of nitrogens with zero attached hydrogens (tertiary/aromatic N) is 1. The molecule has 1 saturated heterocycles. The first-order valence-corrected chi connectivity index (χ1v) is 8.84. The van der Waals surface area contributed by atoms with Crippen LogP contribution in [0, 0.1) is 0 Å². The number of nitrogens with one attached hydrogen (secondary N) is 1. The maximum absolute atomic E-state index is 14.1. The van der Waals surface area contributed by atoms with Gasteiger partial charge in [-0.3, -0.25) is 10.2 Å². The molecule has 0 bridgehead atoms. The Kier molecular flexibility index (Phi) is 4.84. The third kappa shape index (κ3) is 3.74. The lowest BCUT2D eigenvalue weighted by Gasteiger charge is -2.38. The molecule has 1 aliphatic heterocycles. The van der Waals surface area contributed by atoms with E-state index in [-0.39, 0.29) is 18.1 Å². The van der Waals surface area contributed by atoms with Gasteiger partial charge < -0.3 is 4.74 Å². The van der Waals surface area contributed by atoms with Gasteiger partial charge in [-0.25, -0.2) is 0 Å². The predicted octanol–water partition coefficient (Wildman–Crippen LogP) is 4.75. The van der Waals surface area contributed by atoms with Gasteiger partial charge in [-0.1, -0.05) is 30.3 Å². The van der Waals surface area contributed by atoms with Gasteiger partial charge in [0.1, 0.15) is 5.75 Å². The van der Waals surface area contributed by atoms with Crippen molar-refractivity contribution >= 4 is 16.7 Å². The molecule has 3 rings (SSSR count). The number of rotatable bonds is 4. The number of carbonyl (C=O) groups excluding carboxylic acids is 1. The molecule has 1 atom stereocenters. The van der Waals surface area contributed by atoms with Crippen LogP contribution in [0.2, 0.25) is 0 Å². The van der Waals surface area contributed by atoms with Crippen molar-refractivity contribution in [1.29, 1.82) is 0 Å². The quantitative estimate of drug-likeness (QED) is 0.833. The summed E-state index contributed by atoms with van der Waals surface area (Å²) in [7, 11) is 0. The number of ether oxygens (including phenoxy) is 1. The molecule has 1 heterocycles. The van der Waals surface area contributed by atoms with Crippen molar-refractivity contribution in [2.45, 2.75) is 58.0 Å². The lowest BCUT2D eigenvalue weighted by Crippen LogP contribution is -2.51. The number of alkyl halides is 3. The second-order valence-electron chi connectivity index (χ2n) is 7.70. The van der Waals surface area contributed by atoms with Crippen LogP contribution in [0.3, 0.4) is 0 Å². The Bertz CT molecular complexity index is 862. The fourth-order valence-corrected chi connectivity index (χ4v) is 3.58. The number of amides is 1. The summed E-state index contributed by atoms with van der Waals surface area (Å²) in [6.07, 6.45) is -4.67. The van der Waals surface area contributed by atoms with Crippen LogP contribution < -0.4 is 10.2 Å². The van der Waals surface area contributed by atoms with Gasteiger partial charge in [0.05, 0.1) is 6.10 Å². The van der Waals surface area contributed by atoms with Crippen LogP contribution in [0.5, 0.6) is 5.75 Å². The van der Waals surface area contributed by atoms with Crippen LogP contribution in [-0.2, 0) is 4.79 Å². The minimum atomic E-state index is -4.57. The number of fused-ring (bicyclic) bond motifs is 1. The summed E-state index contributed by atoms with van der Waals surface area (Å²) < 4.78 is 48.2. The van der Waals surface area contributed by atoms with E-state index in [9.17, 15) is 18.0 Å². The van der Waals surface area contributed by atoms with Gasteiger partial charge in [0.15, 0.2) is 6.04 Å². The zero-order chi connectivity index (χ0) is 20.0. The molecule has 0 spiro atoms. The van der Waals surface area contributed by atoms with E-state index in [1.165, 1.54) is 6.07 Å². The number of carbonyl (C=O) groups is 1. The normalized spacial score (nSPS) is 18.7. The number of benzene rings is 2. The molecular weight excluding hydrogens is 357 g/mol. The van der Waals surface area contributed by atoms with Gasteiger partial charge in [-0.15, -0.1) is 0 Å². The van der Waals surface area contributed by atoms with Crippen molar-refractivity contribution in [3.05, 3.63) is 42.0 Å². The molecule has 4 nitrogen and oxygen atoms in total. The van der Waals surface area contributed by atoms with E-state index in [1.807, 2.05) is 13.8 Å². The van der Waals surface area contributed by atoms with Gasteiger partial charge in [0.2, 0.25) is 5.91 Å². The minimum absolute atomic E-state index is 0.00601. The molecule has 0 saturated carbocycles. The minimum Gasteiger partial charge on any atom is -0.490 e. The van der Waals surface area contributed by atoms with Crippen molar-refractivity contribution in [1.82, 2.24) is 10.4 Å². The molecule has 1 amide bonds. The van der Waals surface area contributed by atoms with E-state index in [0.29, 0.717) is 16.5 Å².